The Balaban J connectivity index is 2.60. The van der Waals surface area contributed by atoms with Crippen molar-refractivity contribution in [1.82, 2.24) is 0 Å². The van der Waals surface area contributed by atoms with E-state index in [1.54, 1.807) is 0 Å². The highest BCUT2D eigenvalue weighted by Gasteiger charge is 2.36. The Morgan fingerprint density at radius 1 is 1.16 bits per heavy atom. The van der Waals surface area contributed by atoms with E-state index in [4.69, 9.17) is 4.74 Å². The second-order valence-corrected chi connectivity index (χ2v) is 6.80. The number of ketones is 1. The lowest BCUT2D eigenvalue weighted by molar-refractivity contribution is -0.151. The third-order valence-corrected chi connectivity index (χ3v) is 4.59. The Bertz CT molecular complexity index is 319. The van der Waals surface area contributed by atoms with Crippen molar-refractivity contribution in [1.29, 1.82) is 0 Å². The number of Topliss-reactive ketones (excluding diaryl/α,β-unsaturated/α-hetero) is 1. The van der Waals surface area contributed by atoms with Crippen molar-refractivity contribution in [2.24, 2.45) is 23.2 Å². The van der Waals surface area contributed by atoms with Crippen LogP contribution in [0, 0.1) is 23.2 Å². The van der Waals surface area contributed by atoms with Crippen molar-refractivity contribution in [3.05, 3.63) is 0 Å². The number of rotatable bonds is 4. The molecular weight excluding hydrogens is 240 g/mol. The van der Waals surface area contributed by atoms with E-state index in [1.165, 1.54) is 7.11 Å². The number of esters is 1. The van der Waals surface area contributed by atoms with Crippen LogP contribution in [0.15, 0.2) is 0 Å². The van der Waals surface area contributed by atoms with Crippen LogP contribution in [0.1, 0.15) is 59.8 Å². The average Bonchev–Trinajstić information content (AvgIpc) is 2.38. The van der Waals surface area contributed by atoms with Gasteiger partial charge in [0, 0.05) is 5.92 Å². The summed E-state index contributed by atoms with van der Waals surface area (Å²) in [4.78, 5) is 24.0. The van der Waals surface area contributed by atoms with E-state index in [1.807, 2.05) is 6.92 Å². The van der Waals surface area contributed by atoms with E-state index < -0.39 is 5.92 Å². The zero-order valence-electron chi connectivity index (χ0n) is 13.0. The van der Waals surface area contributed by atoms with Crippen molar-refractivity contribution in [2.75, 3.05) is 7.11 Å². The van der Waals surface area contributed by atoms with E-state index in [-0.39, 0.29) is 17.7 Å². The number of hydrogen-bond acceptors (Lipinski definition) is 3. The molecule has 1 aliphatic rings. The molecule has 0 aromatic rings. The third kappa shape index (κ3) is 4.05. The minimum atomic E-state index is -0.554. The first kappa shape index (κ1) is 16.2. The molecule has 0 spiro atoms. The number of hydrogen-bond donors (Lipinski definition) is 0. The summed E-state index contributed by atoms with van der Waals surface area (Å²) in [5, 5.41) is 0. The van der Waals surface area contributed by atoms with Crippen LogP contribution in [-0.2, 0) is 14.3 Å². The molecular formula is C16H28O3. The first-order valence-electron chi connectivity index (χ1n) is 7.42. The van der Waals surface area contributed by atoms with Crippen LogP contribution in [0.4, 0.5) is 0 Å². The fraction of sp³-hybridized carbons (Fsp3) is 0.875. The monoisotopic (exact) mass is 268 g/mol. The van der Waals surface area contributed by atoms with Gasteiger partial charge in [0.05, 0.1) is 7.11 Å². The standard InChI is InChI=1S/C16H28O3/c1-6-13(15(18)19-5)14(17)11-7-9-12(10-8-11)16(2,3)4/h11-13H,6-10H2,1-5H3. The molecule has 1 fully saturated rings. The van der Waals surface area contributed by atoms with Crippen LogP contribution in [0.25, 0.3) is 0 Å². The van der Waals surface area contributed by atoms with Crippen LogP contribution in [0.5, 0.6) is 0 Å². The lowest BCUT2D eigenvalue weighted by Gasteiger charge is -2.37. The van der Waals surface area contributed by atoms with Gasteiger partial charge in [-0.25, -0.2) is 0 Å². The summed E-state index contributed by atoms with van der Waals surface area (Å²) in [6, 6.07) is 0. The van der Waals surface area contributed by atoms with Crippen molar-refractivity contribution in [2.45, 2.75) is 59.8 Å². The second-order valence-electron chi connectivity index (χ2n) is 6.80. The van der Waals surface area contributed by atoms with E-state index >= 15 is 0 Å². The Kier molecular flexibility index (Phi) is 5.57. The van der Waals surface area contributed by atoms with Gasteiger partial charge in [-0.3, -0.25) is 9.59 Å². The molecule has 110 valence electrons. The van der Waals surface area contributed by atoms with Crippen LogP contribution in [0.2, 0.25) is 0 Å². The Morgan fingerprint density at radius 2 is 1.68 bits per heavy atom. The summed E-state index contributed by atoms with van der Waals surface area (Å²) in [6.07, 6.45) is 4.59. The molecule has 19 heavy (non-hydrogen) atoms. The minimum Gasteiger partial charge on any atom is -0.468 e. The topological polar surface area (TPSA) is 43.4 Å². The molecule has 0 saturated heterocycles. The third-order valence-electron chi connectivity index (χ3n) is 4.59. The lowest BCUT2D eigenvalue weighted by Crippen LogP contribution is -2.34. The molecule has 3 nitrogen and oxygen atoms in total. The fourth-order valence-electron chi connectivity index (χ4n) is 3.15. The van der Waals surface area contributed by atoms with Crippen LogP contribution in [0.3, 0.4) is 0 Å². The first-order valence-corrected chi connectivity index (χ1v) is 7.42. The maximum atomic E-state index is 12.4. The van der Waals surface area contributed by atoms with Crippen LogP contribution >= 0.6 is 0 Å². The summed E-state index contributed by atoms with van der Waals surface area (Å²) >= 11 is 0. The van der Waals surface area contributed by atoms with Gasteiger partial charge in [-0.1, -0.05) is 27.7 Å². The van der Waals surface area contributed by atoms with Gasteiger partial charge in [0.2, 0.25) is 0 Å². The molecule has 1 aliphatic carbocycles. The number of carbonyl (C=O) groups is 2. The van der Waals surface area contributed by atoms with E-state index in [2.05, 4.69) is 20.8 Å². The molecule has 3 heteroatoms. The van der Waals surface area contributed by atoms with Gasteiger partial charge in [-0.05, 0) is 43.4 Å². The van der Waals surface area contributed by atoms with E-state index in [9.17, 15) is 9.59 Å². The molecule has 0 bridgehead atoms. The SMILES string of the molecule is CCC(C(=O)OC)C(=O)C1CCC(C(C)(C)C)CC1. The summed E-state index contributed by atoms with van der Waals surface area (Å²) in [5.41, 5.74) is 0.320. The van der Waals surface area contributed by atoms with Crippen molar-refractivity contribution in [3.63, 3.8) is 0 Å². The van der Waals surface area contributed by atoms with Crippen molar-refractivity contribution < 1.29 is 14.3 Å². The van der Waals surface area contributed by atoms with Gasteiger partial charge < -0.3 is 4.74 Å². The van der Waals surface area contributed by atoms with E-state index in [0.29, 0.717) is 17.8 Å². The largest absolute Gasteiger partial charge is 0.468 e. The van der Waals surface area contributed by atoms with Crippen molar-refractivity contribution >= 4 is 11.8 Å². The predicted molar refractivity (Wildman–Crippen MR) is 75.7 cm³/mol. The lowest BCUT2D eigenvalue weighted by atomic mass is 9.68. The number of carbonyl (C=O) groups excluding carboxylic acids is 2. The Morgan fingerprint density at radius 3 is 2.05 bits per heavy atom. The molecule has 0 aromatic carbocycles. The summed E-state index contributed by atoms with van der Waals surface area (Å²) < 4.78 is 4.73. The van der Waals surface area contributed by atoms with Crippen molar-refractivity contribution in [3.8, 4) is 0 Å². The van der Waals surface area contributed by atoms with Gasteiger partial charge >= 0.3 is 5.97 Å². The molecule has 0 amide bonds. The highest BCUT2D eigenvalue weighted by molar-refractivity contribution is 6.00. The quantitative estimate of drug-likeness (QED) is 0.578. The molecule has 1 atom stereocenters. The molecule has 1 saturated carbocycles. The highest BCUT2D eigenvalue weighted by atomic mass is 16.5. The number of ether oxygens (including phenoxy) is 1. The maximum absolute atomic E-state index is 12.4. The maximum Gasteiger partial charge on any atom is 0.316 e. The minimum absolute atomic E-state index is 0.0580. The smallest absolute Gasteiger partial charge is 0.316 e. The Labute approximate surface area is 117 Å². The van der Waals surface area contributed by atoms with Gasteiger partial charge in [-0.15, -0.1) is 0 Å². The van der Waals surface area contributed by atoms with Gasteiger partial charge in [-0.2, -0.15) is 0 Å². The van der Waals surface area contributed by atoms with Crippen LogP contribution < -0.4 is 0 Å². The predicted octanol–water partition coefficient (Wildman–Crippen LogP) is 3.61. The average molecular weight is 268 g/mol. The highest BCUT2D eigenvalue weighted by Crippen LogP contribution is 2.40. The number of methoxy groups -OCH3 is 1. The molecule has 0 aliphatic heterocycles. The van der Waals surface area contributed by atoms with Gasteiger partial charge in [0.15, 0.2) is 0 Å². The molecule has 0 heterocycles. The normalized spacial score (nSPS) is 25.7. The van der Waals surface area contributed by atoms with Gasteiger partial charge in [0.25, 0.3) is 0 Å². The first-order chi connectivity index (χ1) is 8.81. The summed E-state index contributed by atoms with van der Waals surface area (Å²) in [6.45, 7) is 8.68. The molecule has 0 aromatic heterocycles. The second kappa shape index (κ2) is 6.53. The molecule has 1 rings (SSSR count). The van der Waals surface area contributed by atoms with Crippen LogP contribution in [-0.4, -0.2) is 18.9 Å². The summed E-state index contributed by atoms with van der Waals surface area (Å²) in [7, 11) is 1.36. The Hall–Kier alpha value is -0.860. The molecule has 0 radical (unpaired) electrons. The zero-order chi connectivity index (χ0) is 14.6. The fourth-order valence-corrected chi connectivity index (χ4v) is 3.15. The van der Waals surface area contributed by atoms with Gasteiger partial charge in [0.1, 0.15) is 11.7 Å². The van der Waals surface area contributed by atoms with E-state index in [0.717, 1.165) is 25.7 Å². The zero-order valence-corrected chi connectivity index (χ0v) is 13.0. The molecule has 0 N–H and O–H groups in total. The summed E-state index contributed by atoms with van der Waals surface area (Å²) in [5.74, 6) is -0.0780. The molecule has 1 unspecified atom stereocenters.